The van der Waals surface area contributed by atoms with Crippen LogP contribution in [0, 0.1) is 0 Å². The van der Waals surface area contributed by atoms with Gasteiger partial charge in [0.15, 0.2) is 17.8 Å². The number of ether oxygens (including phenoxy) is 2. The molecule has 1 saturated carbocycles. The summed E-state index contributed by atoms with van der Waals surface area (Å²) in [7, 11) is -3.85. The molecule has 4 rings (SSSR count). The van der Waals surface area contributed by atoms with Crippen molar-refractivity contribution in [3.05, 3.63) is 23.8 Å². The van der Waals surface area contributed by atoms with Crippen LogP contribution in [-0.4, -0.2) is 54.6 Å². The van der Waals surface area contributed by atoms with Gasteiger partial charge in [-0.05, 0) is 56.7 Å². The first-order valence-corrected chi connectivity index (χ1v) is 12.6. The van der Waals surface area contributed by atoms with Gasteiger partial charge < -0.3 is 20.5 Å². The standard InChI is InChI=1S/C21H28F3N3O5S/c1-2-15-10-14(11-19(22)27(15)33(29,30)16-6-4-13(25)5-7-16)26-20(28)12-3-8-17-18(9-12)32-21(23,24)31-17/h3,8-9,13-16,19H,2,4-7,10-11,25H2,1H3,(H,26,28)/t13?,14-,15+,16?,19+/m1/s1. The van der Waals surface area contributed by atoms with Crippen molar-refractivity contribution in [2.75, 3.05) is 0 Å². The van der Waals surface area contributed by atoms with Gasteiger partial charge in [0.05, 0.1) is 5.25 Å². The Morgan fingerprint density at radius 2 is 1.85 bits per heavy atom. The van der Waals surface area contributed by atoms with Gasteiger partial charge in [0, 0.05) is 30.1 Å². The summed E-state index contributed by atoms with van der Waals surface area (Å²) in [5.41, 5.74) is 5.93. The van der Waals surface area contributed by atoms with Crippen molar-refractivity contribution in [3.63, 3.8) is 0 Å². The zero-order chi connectivity index (χ0) is 24.0. The molecule has 0 radical (unpaired) electrons. The molecular weight excluding hydrogens is 463 g/mol. The molecule has 33 heavy (non-hydrogen) atoms. The molecule has 2 heterocycles. The molecule has 12 heteroatoms. The molecule has 0 spiro atoms. The van der Waals surface area contributed by atoms with Crippen LogP contribution in [0.3, 0.4) is 0 Å². The highest BCUT2D eigenvalue weighted by atomic mass is 32.2. The van der Waals surface area contributed by atoms with Gasteiger partial charge in [-0.15, -0.1) is 8.78 Å². The highest BCUT2D eigenvalue weighted by Gasteiger charge is 2.46. The van der Waals surface area contributed by atoms with Crippen LogP contribution in [0.4, 0.5) is 13.2 Å². The highest BCUT2D eigenvalue weighted by molar-refractivity contribution is 7.89. The maximum Gasteiger partial charge on any atom is 0.586 e. The van der Waals surface area contributed by atoms with Crippen molar-refractivity contribution >= 4 is 15.9 Å². The topological polar surface area (TPSA) is 111 Å². The molecule has 2 aliphatic heterocycles. The van der Waals surface area contributed by atoms with E-state index in [9.17, 15) is 22.0 Å². The molecule has 2 fully saturated rings. The van der Waals surface area contributed by atoms with E-state index in [0.29, 0.717) is 32.1 Å². The van der Waals surface area contributed by atoms with E-state index >= 15 is 4.39 Å². The van der Waals surface area contributed by atoms with E-state index in [4.69, 9.17) is 5.73 Å². The molecule has 3 N–H and O–H groups in total. The number of hydrogen-bond acceptors (Lipinski definition) is 6. The number of amides is 1. The van der Waals surface area contributed by atoms with Crippen LogP contribution in [0.1, 0.15) is 62.2 Å². The van der Waals surface area contributed by atoms with Crippen LogP contribution < -0.4 is 20.5 Å². The number of alkyl halides is 3. The summed E-state index contributed by atoms with van der Waals surface area (Å²) in [6.07, 6.45) is -3.14. The lowest BCUT2D eigenvalue weighted by molar-refractivity contribution is -0.286. The van der Waals surface area contributed by atoms with Crippen LogP contribution in [0.25, 0.3) is 0 Å². The summed E-state index contributed by atoms with van der Waals surface area (Å²) >= 11 is 0. The SMILES string of the molecule is CC[C@H]1C[C@@H](NC(=O)c2ccc3c(c2)OC(F)(F)O3)C[C@@H](F)N1S(=O)(=O)C1CCC(N)CC1. The van der Waals surface area contributed by atoms with Gasteiger partial charge in [-0.25, -0.2) is 12.8 Å². The number of carbonyl (C=O) groups excluding carboxylic acids is 1. The zero-order valence-corrected chi connectivity index (χ0v) is 19.0. The van der Waals surface area contributed by atoms with E-state index in [1.165, 1.54) is 12.1 Å². The number of nitrogens with one attached hydrogen (secondary N) is 1. The summed E-state index contributed by atoms with van der Waals surface area (Å²) in [4.78, 5) is 12.7. The number of carbonyl (C=O) groups is 1. The van der Waals surface area contributed by atoms with Gasteiger partial charge in [0.25, 0.3) is 5.91 Å². The van der Waals surface area contributed by atoms with E-state index in [1.807, 2.05) is 0 Å². The third-order valence-electron chi connectivity index (χ3n) is 6.58. The van der Waals surface area contributed by atoms with Crippen LogP contribution in [-0.2, 0) is 10.0 Å². The normalized spacial score (nSPS) is 31.8. The van der Waals surface area contributed by atoms with Crippen molar-refractivity contribution in [1.29, 1.82) is 0 Å². The van der Waals surface area contributed by atoms with Crippen LogP contribution >= 0.6 is 0 Å². The maximum atomic E-state index is 15.2. The number of sulfonamides is 1. The lowest BCUT2D eigenvalue weighted by atomic mass is 9.96. The predicted octanol–water partition coefficient (Wildman–Crippen LogP) is 2.88. The number of nitrogens with zero attached hydrogens (tertiary/aromatic N) is 1. The first-order chi connectivity index (χ1) is 15.5. The van der Waals surface area contributed by atoms with Crippen LogP contribution in [0.5, 0.6) is 11.5 Å². The Kier molecular flexibility index (Phi) is 6.53. The van der Waals surface area contributed by atoms with Crippen molar-refractivity contribution in [1.82, 2.24) is 9.62 Å². The zero-order valence-electron chi connectivity index (χ0n) is 18.2. The third-order valence-corrected chi connectivity index (χ3v) is 9.00. The molecule has 1 amide bonds. The fourth-order valence-corrected chi connectivity index (χ4v) is 7.11. The summed E-state index contributed by atoms with van der Waals surface area (Å²) in [6, 6.07) is 2.39. The van der Waals surface area contributed by atoms with Gasteiger partial charge >= 0.3 is 6.29 Å². The predicted molar refractivity (Wildman–Crippen MR) is 113 cm³/mol. The van der Waals surface area contributed by atoms with Crippen molar-refractivity contribution in [2.24, 2.45) is 5.73 Å². The highest BCUT2D eigenvalue weighted by Crippen LogP contribution is 2.41. The molecular formula is C21H28F3N3O5S. The van der Waals surface area contributed by atoms with Crippen molar-refractivity contribution in [3.8, 4) is 11.5 Å². The molecule has 184 valence electrons. The second-order valence-corrected chi connectivity index (χ2v) is 11.0. The summed E-state index contributed by atoms with van der Waals surface area (Å²) in [5, 5.41) is 2.05. The summed E-state index contributed by atoms with van der Waals surface area (Å²) in [6.45, 7) is 1.78. The number of fused-ring (bicyclic) bond motifs is 1. The van der Waals surface area contributed by atoms with E-state index in [2.05, 4.69) is 14.8 Å². The number of piperidine rings is 1. The molecule has 1 aromatic carbocycles. The number of halogens is 3. The van der Waals surface area contributed by atoms with Crippen LogP contribution in [0.15, 0.2) is 18.2 Å². The van der Waals surface area contributed by atoms with E-state index in [1.54, 1.807) is 6.92 Å². The van der Waals surface area contributed by atoms with E-state index in [0.717, 1.165) is 10.4 Å². The Morgan fingerprint density at radius 3 is 2.52 bits per heavy atom. The van der Waals surface area contributed by atoms with Gasteiger partial charge in [-0.2, -0.15) is 4.31 Å². The average Bonchev–Trinajstić information content (AvgIpc) is 3.06. The fourth-order valence-electron chi connectivity index (χ4n) is 4.85. The minimum atomic E-state index is -3.85. The minimum Gasteiger partial charge on any atom is -0.395 e. The maximum absolute atomic E-state index is 15.2. The molecule has 0 bridgehead atoms. The molecule has 3 aliphatic rings. The minimum absolute atomic E-state index is 0.0250. The quantitative estimate of drug-likeness (QED) is 0.613. The Labute approximate surface area is 190 Å². The lowest BCUT2D eigenvalue weighted by Gasteiger charge is -2.43. The van der Waals surface area contributed by atoms with E-state index < -0.39 is 45.9 Å². The smallest absolute Gasteiger partial charge is 0.395 e. The Hall–Kier alpha value is -2.05. The third kappa shape index (κ3) is 4.92. The van der Waals surface area contributed by atoms with Gasteiger partial charge in [-0.1, -0.05) is 6.92 Å². The van der Waals surface area contributed by atoms with E-state index in [-0.39, 0.29) is 35.9 Å². The number of nitrogens with two attached hydrogens (primary N) is 1. The largest absolute Gasteiger partial charge is 0.586 e. The molecule has 0 unspecified atom stereocenters. The Bertz CT molecular complexity index is 1000. The molecule has 8 nitrogen and oxygen atoms in total. The number of rotatable bonds is 5. The average molecular weight is 492 g/mol. The molecule has 1 saturated heterocycles. The first-order valence-electron chi connectivity index (χ1n) is 11.1. The summed E-state index contributed by atoms with van der Waals surface area (Å²) in [5.74, 6) is -1.05. The Morgan fingerprint density at radius 1 is 1.18 bits per heavy atom. The molecule has 0 aromatic heterocycles. The summed E-state index contributed by atoms with van der Waals surface area (Å²) < 4.78 is 77.7. The van der Waals surface area contributed by atoms with Gasteiger partial charge in [0.1, 0.15) is 0 Å². The van der Waals surface area contributed by atoms with Crippen molar-refractivity contribution < 1.29 is 35.9 Å². The number of benzene rings is 1. The van der Waals surface area contributed by atoms with Crippen molar-refractivity contribution in [2.45, 2.75) is 87.8 Å². The fraction of sp³-hybridized carbons (Fsp3) is 0.667. The molecule has 1 aliphatic carbocycles. The number of hydrogen-bond donors (Lipinski definition) is 2. The van der Waals surface area contributed by atoms with Gasteiger partial charge in [0.2, 0.25) is 10.0 Å². The first kappa shape index (κ1) is 24.1. The molecule has 3 atom stereocenters. The van der Waals surface area contributed by atoms with Gasteiger partial charge in [-0.3, -0.25) is 4.79 Å². The van der Waals surface area contributed by atoms with Crippen LogP contribution in [0.2, 0.25) is 0 Å². The Balaban J connectivity index is 1.43. The second-order valence-electron chi connectivity index (χ2n) is 8.88. The monoisotopic (exact) mass is 491 g/mol. The second kappa shape index (κ2) is 8.95. The lowest BCUT2D eigenvalue weighted by Crippen LogP contribution is -2.57. The molecule has 1 aromatic rings.